The lowest BCUT2D eigenvalue weighted by Gasteiger charge is -2.41. The molecule has 8 heteroatoms. The quantitative estimate of drug-likeness (QED) is 0.727. The molecule has 1 atom stereocenters. The Morgan fingerprint density at radius 1 is 1.00 bits per heavy atom. The summed E-state index contributed by atoms with van der Waals surface area (Å²) in [5, 5.41) is 3.45. The molecule has 3 rings (SSSR count). The maximum absolute atomic E-state index is 12.6. The minimum atomic E-state index is -3.07. The van der Waals surface area contributed by atoms with E-state index in [0.29, 0.717) is 30.9 Å². The number of piperazine rings is 1. The molecule has 3 aliphatic heterocycles. The number of piperidine rings is 1. The molecule has 1 N–H and O–H groups in total. The summed E-state index contributed by atoms with van der Waals surface area (Å²) in [5.74, 6) is 0.319. The number of hydrogen-bond donors (Lipinski definition) is 1. The van der Waals surface area contributed by atoms with E-state index in [-0.39, 0.29) is 12.4 Å². The average Bonchev–Trinajstić information content (AvgIpc) is 3.09. The van der Waals surface area contributed by atoms with E-state index in [1.54, 1.807) is 4.31 Å². The SMILES string of the molecule is CN1CCC(N2CCN(S(=O)(=O)CCCC3CCCN3)CC2)CC1.Cl. The van der Waals surface area contributed by atoms with Gasteiger partial charge in [-0.25, -0.2) is 8.42 Å². The second kappa shape index (κ2) is 9.85. The number of nitrogens with one attached hydrogen (secondary N) is 1. The molecule has 0 aliphatic carbocycles. The molecule has 0 spiro atoms. The van der Waals surface area contributed by atoms with Crippen LogP contribution in [0, 0.1) is 0 Å². The van der Waals surface area contributed by atoms with Gasteiger partial charge in [0.2, 0.25) is 10.0 Å². The number of sulfonamides is 1. The third-order valence-corrected chi connectivity index (χ3v) is 7.94. The monoisotopic (exact) mass is 394 g/mol. The maximum atomic E-state index is 12.6. The minimum absolute atomic E-state index is 0. The molecule has 0 aromatic heterocycles. The standard InChI is InChI=1S/C17H34N4O2S.ClH/c1-19-9-6-17(7-10-19)20-11-13-21(14-12-20)24(22,23)15-3-5-16-4-2-8-18-16;/h16-18H,2-15H2,1H3;1H. The molecular weight excluding hydrogens is 360 g/mol. The summed E-state index contributed by atoms with van der Waals surface area (Å²) in [6.45, 7) is 6.58. The van der Waals surface area contributed by atoms with Crippen LogP contribution in [0.15, 0.2) is 0 Å². The van der Waals surface area contributed by atoms with Crippen LogP contribution in [0.2, 0.25) is 0 Å². The van der Waals surface area contributed by atoms with Crippen LogP contribution in [-0.2, 0) is 10.0 Å². The topological polar surface area (TPSA) is 55.9 Å². The summed E-state index contributed by atoms with van der Waals surface area (Å²) >= 11 is 0. The number of rotatable bonds is 6. The second-order valence-electron chi connectivity index (χ2n) is 7.72. The Balaban J connectivity index is 0.00000225. The van der Waals surface area contributed by atoms with E-state index in [2.05, 4.69) is 22.2 Å². The lowest BCUT2D eigenvalue weighted by atomic mass is 10.0. The van der Waals surface area contributed by atoms with Gasteiger partial charge in [-0.1, -0.05) is 0 Å². The number of hydrogen-bond acceptors (Lipinski definition) is 5. The molecule has 0 saturated carbocycles. The van der Waals surface area contributed by atoms with Crippen molar-refractivity contribution in [1.82, 2.24) is 19.4 Å². The van der Waals surface area contributed by atoms with Gasteiger partial charge in [-0.2, -0.15) is 4.31 Å². The van der Waals surface area contributed by atoms with Gasteiger partial charge in [0.05, 0.1) is 5.75 Å². The predicted octanol–water partition coefficient (Wildman–Crippen LogP) is 0.982. The third-order valence-electron chi connectivity index (χ3n) is 5.99. The van der Waals surface area contributed by atoms with Gasteiger partial charge < -0.3 is 10.2 Å². The molecule has 0 aromatic rings. The van der Waals surface area contributed by atoms with Crippen molar-refractivity contribution in [2.24, 2.45) is 0 Å². The first-order valence-corrected chi connectivity index (χ1v) is 11.3. The molecule has 6 nitrogen and oxygen atoms in total. The molecule has 0 amide bonds. The molecule has 0 bridgehead atoms. The van der Waals surface area contributed by atoms with E-state index in [1.165, 1.54) is 38.8 Å². The highest BCUT2D eigenvalue weighted by Crippen LogP contribution is 2.19. The Labute approximate surface area is 159 Å². The molecule has 0 aromatic carbocycles. The van der Waals surface area contributed by atoms with E-state index < -0.39 is 10.0 Å². The lowest BCUT2D eigenvalue weighted by Crippen LogP contribution is -2.54. The smallest absolute Gasteiger partial charge is 0.214 e. The van der Waals surface area contributed by atoms with Crippen molar-refractivity contribution in [1.29, 1.82) is 0 Å². The van der Waals surface area contributed by atoms with Crippen molar-refractivity contribution >= 4 is 22.4 Å². The average molecular weight is 395 g/mol. The van der Waals surface area contributed by atoms with Gasteiger partial charge in [-0.3, -0.25) is 4.90 Å². The molecule has 0 radical (unpaired) electrons. The number of halogens is 1. The summed E-state index contributed by atoms with van der Waals surface area (Å²) < 4.78 is 26.9. The van der Waals surface area contributed by atoms with Gasteiger partial charge in [0, 0.05) is 38.3 Å². The molecule has 3 aliphatic rings. The highest BCUT2D eigenvalue weighted by atomic mass is 35.5. The van der Waals surface area contributed by atoms with E-state index >= 15 is 0 Å². The Morgan fingerprint density at radius 3 is 2.28 bits per heavy atom. The van der Waals surface area contributed by atoms with Crippen LogP contribution >= 0.6 is 12.4 Å². The molecular formula is C17H35ClN4O2S. The van der Waals surface area contributed by atoms with Gasteiger partial charge in [-0.05, 0) is 65.2 Å². The van der Waals surface area contributed by atoms with Crippen molar-refractivity contribution < 1.29 is 8.42 Å². The molecule has 25 heavy (non-hydrogen) atoms. The van der Waals surface area contributed by atoms with Crippen LogP contribution in [0.1, 0.15) is 38.5 Å². The Kier molecular flexibility index (Phi) is 8.43. The van der Waals surface area contributed by atoms with Crippen molar-refractivity contribution in [2.75, 3.05) is 58.6 Å². The predicted molar refractivity (Wildman–Crippen MR) is 105 cm³/mol. The molecule has 1 unspecified atom stereocenters. The second-order valence-corrected chi connectivity index (χ2v) is 9.81. The zero-order valence-electron chi connectivity index (χ0n) is 15.5. The van der Waals surface area contributed by atoms with Crippen molar-refractivity contribution in [3.8, 4) is 0 Å². The van der Waals surface area contributed by atoms with E-state index in [1.807, 2.05) is 0 Å². The third kappa shape index (κ3) is 6.04. The summed E-state index contributed by atoms with van der Waals surface area (Å²) in [6, 6.07) is 1.20. The van der Waals surface area contributed by atoms with Gasteiger partial charge in [0.25, 0.3) is 0 Å². The Bertz CT molecular complexity index is 483. The van der Waals surface area contributed by atoms with Gasteiger partial charge >= 0.3 is 0 Å². The van der Waals surface area contributed by atoms with Crippen molar-refractivity contribution in [3.63, 3.8) is 0 Å². The Hall–Kier alpha value is 0.0800. The summed E-state index contributed by atoms with van der Waals surface area (Å²) in [4.78, 5) is 4.90. The fraction of sp³-hybridized carbons (Fsp3) is 1.00. The number of likely N-dealkylation sites (tertiary alicyclic amines) is 1. The van der Waals surface area contributed by atoms with E-state index in [9.17, 15) is 8.42 Å². The van der Waals surface area contributed by atoms with Crippen molar-refractivity contribution in [3.05, 3.63) is 0 Å². The van der Waals surface area contributed by atoms with Crippen LogP contribution < -0.4 is 5.32 Å². The largest absolute Gasteiger partial charge is 0.314 e. The van der Waals surface area contributed by atoms with Gasteiger partial charge in [-0.15, -0.1) is 12.4 Å². The summed E-state index contributed by atoms with van der Waals surface area (Å²) in [6.07, 6.45) is 6.66. The molecule has 3 fully saturated rings. The molecule has 3 heterocycles. The van der Waals surface area contributed by atoms with Crippen molar-refractivity contribution in [2.45, 2.75) is 50.6 Å². The Morgan fingerprint density at radius 2 is 1.68 bits per heavy atom. The maximum Gasteiger partial charge on any atom is 0.214 e. The molecule has 148 valence electrons. The first-order valence-electron chi connectivity index (χ1n) is 9.68. The number of nitrogens with zero attached hydrogens (tertiary/aromatic N) is 3. The van der Waals surface area contributed by atoms with Crippen LogP contribution in [0.4, 0.5) is 0 Å². The van der Waals surface area contributed by atoms with Crippen LogP contribution in [0.5, 0.6) is 0 Å². The van der Waals surface area contributed by atoms with Gasteiger partial charge in [0.1, 0.15) is 0 Å². The first-order chi connectivity index (χ1) is 11.5. The highest BCUT2D eigenvalue weighted by molar-refractivity contribution is 7.89. The normalized spacial score (nSPS) is 28.1. The zero-order valence-corrected chi connectivity index (χ0v) is 17.2. The first kappa shape index (κ1) is 21.4. The summed E-state index contributed by atoms with van der Waals surface area (Å²) in [7, 11) is -0.885. The van der Waals surface area contributed by atoms with E-state index in [4.69, 9.17) is 0 Å². The summed E-state index contributed by atoms with van der Waals surface area (Å²) in [5.41, 5.74) is 0. The van der Waals surface area contributed by atoms with Crippen LogP contribution in [-0.4, -0.2) is 93.2 Å². The fourth-order valence-corrected chi connectivity index (χ4v) is 5.86. The zero-order chi connectivity index (χ0) is 17.0. The molecule has 3 saturated heterocycles. The van der Waals surface area contributed by atoms with Crippen LogP contribution in [0.3, 0.4) is 0 Å². The highest BCUT2D eigenvalue weighted by Gasteiger charge is 2.31. The van der Waals surface area contributed by atoms with Gasteiger partial charge in [0.15, 0.2) is 0 Å². The van der Waals surface area contributed by atoms with E-state index in [0.717, 1.165) is 32.5 Å². The fourth-order valence-electron chi connectivity index (χ4n) is 4.35. The van der Waals surface area contributed by atoms with Crippen LogP contribution in [0.25, 0.3) is 0 Å². The lowest BCUT2D eigenvalue weighted by molar-refractivity contribution is 0.0892. The minimum Gasteiger partial charge on any atom is -0.314 e.